The monoisotopic (exact) mass is 306 g/mol. The van der Waals surface area contributed by atoms with Gasteiger partial charge in [-0.15, -0.1) is 0 Å². The molecule has 2 nitrogen and oxygen atoms in total. The van der Waals surface area contributed by atoms with E-state index in [2.05, 4.69) is 52.2 Å². The average molecular weight is 307 g/mol. The molecule has 1 heterocycles. The Morgan fingerprint density at radius 2 is 2.11 bits per heavy atom. The van der Waals surface area contributed by atoms with Crippen LogP contribution in [-0.4, -0.2) is 9.55 Å². The first kappa shape index (κ1) is 13.3. The summed E-state index contributed by atoms with van der Waals surface area (Å²) in [5.74, 6) is 1.17. The van der Waals surface area contributed by atoms with Crippen LogP contribution in [0.15, 0.2) is 35.3 Å². The van der Waals surface area contributed by atoms with E-state index in [9.17, 15) is 0 Å². The summed E-state index contributed by atoms with van der Waals surface area (Å²) in [6.07, 6.45) is 4.75. The van der Waals surface area contributed by atoms with E-state index < -0.39 is 0 Å². The van der Waals surface area contributed by atoms with Crippen molar-refractivity contribution in [1.29, 1.82) is 0 Å². The minimum Gasteiger partial charge on any atom is -0.323 e. The van der Waals surface area contributed by atoms with Gasteiger partial charge >= 0.3 is 0 Å². The smallest absolute Gasteiger partial charge is 0.110 e. The Kier molecular flexibility index (Phi) is 4.59. The predicted molar refractivity (Wildman–Crippen MR) is 81.0 cm³/mol. The van der Waals surface area contributed by atoms with Gasteiger partial charge in [0.05, 0.1) is 17.6 Å². The lowest BCUT2D eigenvalue weighted by Crippen LogP contribution is -2.04. The first-order valence-electron chi connectivity index (χ1n) is 6.49. The van der Waals surface area contributed by atoms with Crippen molar-refractivity contribution in [2.75, 3.05) is 0 Å². The summed E-state index contributed by atoms with van der Waals surface area (Å²) in [6.45, 7) is 6.96. The molecule has 2 rings (SSSR count). The van der Waals surface area contributed by atoms with E-state index in [1.807, 2.05) is 6.07 Å². The molecule has 0 radical (unpaired) electrons. The van der Waals surface area contributed by atoms with Crippen LogP contribution in [0.25, 0.3) is 11.0 Å². The van der Waals surface area contributed by atoms with Gasteiger partial charge in [0.15, 0.2) is 0 Å². The van der Waals surface area contributed by atoms with E-state index in [4.69, 9.17) is 4.98 Å². The topological polar surface area (TPSA) is 17.8 Å². The molecular formula is C15H19BrN2. The highest BCUT2D eigenvalue weighted by atomic mass is 79.9. The second-order valence-electron chi connectivity index (χ2n) is 4.58. The van der Waals surface area contributed by atoms with Crippen LogP contribution in [0.2, 0.25) is 0 Å². The maximum Gasteiger partial charge on any atom is 0.110 e. The molecule has 0 unspecified atom stereocenters. The molecule has 0 fully saturated rings. The number of imidazole rings is 1. The Hall–Kier alpha value is -1.09. The summed E-state index contributed by atoms with van der Waals surface area (Å²) in [6, 6.07) is 8.31. The van der Waals surface area contributed by atoms with Crippen molar-refractivity contribution in [1.82, 2.24) is 9.55 Å². The van der Waals surface area contributed by atoms with E-state index >= 15 is 0 Å². The highest BCUT2D eigenvalue weighted by Gasteiger charge is 2.10. The van der Waals surface area contributed by atoms with Gasteiger partial charge < -0.3 is 4.57 Å². The van der Waals surface area contributed by atoms with E-state index in [-0.39, 0.29) is 0 Å². The van der Waals surface area contributed by atoms with Gasteiger partial charge in [-0.05, 0) is 18.6 Å². The lowest BCUT2D eigenvalue weighted by molar-refractivity contribution is 0.662. The Labute approximate surface area is 117 Å². The van der Waals surface area contributed by atoms with Gasteiger partial charge in [-0.1, -0.05) is 54.4 Å². The van der Waals surface area contributed by atoms with Crippen molar-refractivity contribution in [2.45, 2.75) is 39.2 Å². The predicted octanol–water partition coefficient (Wildman–Crippen LogP) is 4.68. The third-order valence-corrected chi connectivity index (χ3v) is 3.32. The van der Waals surface area contributed by atoms with Crippen LogP contribution in [0.5, 0.6) is 0 Å². The standard InChI is InChI=1S/C15H19BrN2/c1-3-4-5-10-15-17-13-8-6-7-9-14(13)18(15)11-12(2)16/h6-9H,2-5,10-11H2,1H3. The number of allylic oxidation sites excluding steroid dienone is 1. The van der Waals surface area contributed by atoms with Gasteiger partial charge in [-0.25, -0.2) is 4.98 Å². The lowest BCUT2D eigenvalue weighted by Gasteiger charge is -2.07. The molecule has 0 spiro atoms. The van der Waals surface area contributed by atoms with Crippen molar-refractivity contribution in [3.05, 3.63) is 41.2 Å². The second-order valence-corrected chi connectivity index (χ2v) is 5.70. The van der Waals surface area contributed by atoms with Crippen LogP contribution < -0.4 is 0 Å². The molecule has 0 N–H and O–H groups in total. The largest absolute Gasteiger partial charge is 0.323 e. The fourth-order valence-electron chi connectivity index (χ4n) is 2.20. The first-order valence-corrected chi connectivity index (χ1v) is 7.29. The van der Waals surface area contributed by atoms with Crippen LogP contribution in [0.3, 0.4) is 0 Å². The van der Waals surface area contributed by atoms with Crippen LogP contribution in [0.4, 0.5) is 0 Å². The Balaban J connectivity index is 2.33. The Bertz CT molecular complexity index is 542. The van der Waals surface area contributed by atoms with Gasteiger partial charge in [0, 0.05) is 10.9 Å². The maximum atomic E-state index is 4.74. The summed E-state index contributed by atoms with van der Waals surface area (Å²) in [7, 11) is 0. The maximum absolute atomic E-state index is 4.74. The molecule has 96 valence electrons. The fraction of sp³-hybridized carbons (Fsp3) is 0.400. The molecule has 0 aliphatic rings. The van der Waals surface area contributed by atoms with Crippen LogP contribution in [0.1, 0.15) is 32.0 Å². The number of hydrogen-bond donors (Lipinski definition) is 0. The SMILES string of the molecule is C=C(Br)Cn1c(CCCCC)nc2ccccc21. The van der Waals surface area contributed by atoms with Gasteiger partial charge in [0.25, 0.3) is 0 Å². The first-order chi connectivity index (χ1) is 8.72. The molecule has 2 aromatic rings. The summed E-state index contributed by atoms with van der Waals surface area (Å²) >= 11 is 3.45. The second kappa shape index (κ2) is 6.19. The van der Waals surface area contributed by atoms with Crippen LogP contribution in [0, 0.1) is 0 Å². The molecule has 0 amide bonds. The number of halogens is 1. The van der Waals surface area contributed by atoms with E-state index in [0.29, 0.717) is 0 Å². The zero-order valence-corrected chi connectivity index (χ0v) is 12.4. The number of unbranched alkanes of at least 4 members (excludes halogenated alkanes) is 2. The molecule has 0 saturated heterocycles. The van der Waals surface area contributed by atoms with E-state index in [0.717, 1.165) is 23.0 Å². The molecule has 0 aliphatic carbocycles. The number of aryl methyl sites for hydroxylation is 1. The van der Waals surface area contributed by atoms with Crippen LogP contribution >= 0.6 is 15.9 Å². The molecule has 18 heavy (non-hydrogen) atoms. The number of fused-ring (bicyclic) bond motifs is 1. The highest BCUT2D eigenvalue weighted by Crippen LogP contribution is 2.20. The Morgan fingerprint density at radius 1 is 1.33 bits per heavy atom. The number of nitrogens with zero attached hydrogens (tertiary/aromatic N) is 2. The number of rotatable bonds is 6. The number of aromatic nitrogens is 2. The molecule has 1 aromatic heterocycles. The number of hydrogen-bond acceptors (Lipinski definition) is 1. The fourth-order valence-corrected chi connectivity index (χ4v) is 2.45. The quantitative estimate of drug-likeness (QED) is 0.709. The Morgan fingerprint density at radius 3 is 2.83 bits per heavy atom. The minimum absolute atomic E-state index is 0.794. The van der Waals surface area contributed by atoms with Crippen LogP contribution in [-0.2, 0) is 13.0 Å². The summed E-state index contributed by atoms with van der Waals surface area (Å²) in [4.78, 5) is 4.74. The van der Waals surface area contributed by atoms with E-state index in [1.54, 1.807) is 0 Å². The molecule has 0 saturated carbocycles. The molecule has 0 bridgehead atoms. The van der Waals surface area contributed by atoms with E-state index in [1.165, 1.54) is 30.6 Å². The molecule has 1 aromatic carbocycles. The lowest BCUT2D eigenvalue weighted by atomic mass is 10.2. The number of benzene rings is 1. The molecule has 0 aliphatic heterocycles. The average Bonchev–Trinajstić information content (AvgIpc) is 2.68. The van der Waals surface area contributed by atoms with Gasteiger partial charge in [0.2, 0.25) is 0 Å². The van der Waals surface area contributed by atoms with Gasteiger partial charge in [0.1, 0.15) is 5.82 Å². The normalized spacial score (nSPS) is 11.0. The third-order valence-electron chi connectivity index (χ3n) is 3.07. The zero-order valence-electron chi connectivity index (χ0n) is 10.8. The molecule has 3 heteroatoms. The highest BCUT2D eigenvalue weighted by molar-refractivity contribution is 9.11. The van der Waals surface area contributed by atoms with Crippen molar-refractivity contribution in [2.24, 2.45) is 0 Å². The summed E-state index contributed by atoms with van der Waals surface area (Å²) in [5.41, 5.74) is 2.28. The molecule has 0 atom stereocenters. The third kappa shape index (κ3) is 3.02. The molecular weight excluding hydrogens is 288 g/mol. The van der Waals surface area contributed by atoms with Gasteiger partial charge in [-0.3, -0.25) is 0 Å². The minimum atomic E-state index is 0.794. The summed E-state index contributed by atoms with van der Waals surface area (Å²) < 4.78 is 3.25. The van der Waals surface area contributed by atoms with Crippen molar-refractivity contribution in [3.63, 3.8) is 0 Å². The van der Waals surface area contributed by atoms with Gasteiger partial charge in [-0.2, -0.15) is 0 Å². The number of para-hydroxylation sites is 2. The summed E-state index contributed by atoms with van der Waals surface area (Å²) in [5, 5.41) is 0. The van der Waals surface area contributed by atoms with Crippen molar-refractivity contribution < 1.29 is 0 Å². The zero-order chi connectivity index (χ0) is 13.0. The van der Waals surface area contributed by atoms with Crippen molar-refractivity contribution >= 4 is 27.0 Å². The van der Waals surface area contributed by atoms with Crippen molar-refractivity contribution in [3.8, 4) is 0 Å².